The third kappa shape index (κ3) is 5.62. The first kappa shape index (κ1) is 35.2. The van der Waals surface area contributed by atoms with E-state index >= 15 is 0 Å². The first-order valence-corrected chi connectivity index (χ1v) is 21.1. The summed E-state index contributed by atoms with van der Waals surface area (Å²) < 4.78 is 15.8. The van der Waals surface area contributed by atoms with Crippen molar-refractivity contribution in [2.24, 2.45) is 0 Å². The lowest BCUT2D eigenvalue weighted by Crippen LogP contribution is -2.00. The summed E-state index contributed by atoms with van der Waals surface area (Å²) in [7, 11) is 0. The van der Waals surface area contributed by atoms with Crippen LogP contribution in [-0.2, 0) is 0 Å². The largest absolute Gasteiger partial charge is 0.456 e. The van der Waals surface area contributed by atoms with E-state index in [0.717, 1.165) is 99.5 Å². The van der Waals surface area contributed by atoms with Crippen LogP contribution in [0.25, 0.3) is 128 Å². The van der Waals surface area contributed by atoms with E-state index in [1.54, 1.807) is 0 Å². The van der Waals surface area contributed by atoms with Crippen LogP contribution in [-0.4, -0.2) is 19.5 Å². The van der Waals surface area contributed by atoms with Gasteiger partial charge in [-0.15, -0.1) is 0 Å². The van der Waals surface area contributed by atoms with Crippen LogP contribution in [0, 0.1) is 0 Å². The van der Waals surface area contributed by atoms with Gasteiger partial charge in [-0.3, -0.25) is 0 Å². The average Bonchev–Trinajstić information content (AvgIpc) is 4.04. The second-order valence-electron chi connectivity index (χ2n) is 15.9. The molecule has 0 fully saturated rings. The highest BCUT2D eigenvalue weighted by atomic mass is 16.3. The van der Waals surface area contributed by atoms with Crippen molar-refractivity contribution in [2.45, 2.75) is 0 Å². The Balaban J connectivity index is 1.00. The molecular weight excluding hydrogens is 773 g/mol. The number of rotatable bonds is 6. The molecule has 4 aromatic heterocycles. The molecule has 0 N–H and O–H groups in total. The number of para-hydroxylation sites is 3. The number of benzene rings is 9. The van der Waals surface area contributed by atoms with E-state index < -0.39 is 0 Å². The monoisotopic (exact) mass is 806 g/mol. The van der Waals surface area contributed by atoms with Crippen LogP contribution in [0.1, 0.15) is 0 Å². The van der Waals surface area contributed by atoms with Gasteiger partial charge in [0, 0.05) is 49.0 Å². The predicted octanol–water partition coefficient (Wildman–Crippen LogP) is 15.1. The maximum absolute atomic E-state index is 6.85. The lowest BCUT2D eigenvalue weighted by atomic mass is 9.96. The number of aromatic nitrogens is 4. The Hall–Kier alpha value is -8.61. The van der Waals surface area contributed by atoms with Gasteiger partial charge >= 0.3 is 0 Å². The maximum Gasteiger partial charge on any atom is 0.164 e. The third-order valence-electron chi connectivity index (χ3n) is 12.3. The van der Waals surface area contributed by atoms with Crippen LogP contribution in [0.3, 0.4) is 0 Å². The van der Waals surface area contributed by atoms with E-state index in [-0.39, 0.29) is 0 Å². The van der Waals surface area contributed by atoms with Crippen LogP contribution in [0.2, 0.25) is 0 Å². The number of furan rings is 2. The summed E-state index contributed by atoms with van der Waals surface area (Å²) in [6.07, 6.45) is 0. The standard InChI is InChI=1S/C57H34N4O2/c1-3-14-35(15-4-1)36-26-28-38(29-27-36)56-58-55(37-16-5-2-6-17-37)59-57(60-56)44-21-13-25-51-52(44)45-34-39(30-33-50(45)62-51)40-31-32-48(54-53(40)43-20-9-12-24-49(43)63-54)61-46-22-10-7-18-41(46)42-19-8-11-23-47(42)61/h1-34H. The molecule has 63 heavy (non-hydrogen) atoms. The molecule has 0 amide bonds. The summed E-state index contributed by atoms with van der Waals surface area (Å²) in [6, 6.07) is 71.4. The number of hydrogen-bond acceptors (Lipinski definition) is 5. The van der Waals surface area contributed by atoms with Crippen molar-refractivity contribution in [1.29, 1.82) is 0 Å². The van der Waals surface area contributed by atoms with Gasteiger partial charge in [0.2, 0.25) is 0 Å². The Kier molecular flexibility index (Phi) is 7.80. The van der Waals surface area contributed by atoms with Gasteiger partial charge in [-0.2, -0.15) is 0 Å². The number of nitrogens with zero attached hydrogens (tertiary/aromatic N) is 4. The molecule has 0 atom stereocenters. The van der Waals surface area contributed by atoms with Gasteiger partial charge in [-0.05, 0) is 64.7 Å². The zero-order valence-corrected chi connectivity index (χ0v) is 33.7. The molecule has 0 aliphatic heterocycles. The molecule has 13 aromatic rings. The van der Waals surface area contributed by atoms with E-state index in [4.69, 9.17) is 23.8 Å². The SMILES string of the molecule is c1ccc(-c2ccc(-c3nc(-c4ccccc4)nc(-c4cccc5oc6ccc(-c7ccc(-n8c9ccccc9c9ccccc98)c8oc9ccccc9c78)cc6c45)n3)cc2)cc1. The molecule has 0 unspecified atom stereocenters. The highest BCUT2D eigenvalue weighted by Gasteiger charge is 2.23. The molecule has 0 aliphatic carbocycles. The highest BCUT2D eigenvalue weighted by molar-refractivity contribution is 6.18. The summed E-state index contributed by atoms with van der Waals surface area (Å²) >= 11 is 0. The summed E-state index contributed by atoms with van der Waals surface area (Å²) in [5, 5.41) is 6.45. The first-order valence-electron chi connectivity index (χ1n) is 21.1. The summed E-state index contributed by atoms with van der Waals surface area (Å²) in [4.78, 5) is 15.4. The Morgan fingerprint density at radius 1 is 0.317 bits per heavy atom. The average molecular weight is 807 g/mol. The van der Waals surface area contributed by atoms with Crippen molar-refractivity contribution in [3.05, 3.63) is 206 Å². The maximum atomic E-state index is 6.85. The van der Waals surface area contributed by atoms with Gasteiger partial charge in [0.1, 0.15) is 16.7 Å². The van der Waals surface area contributed by atoms with Crippen molar-refractivity contribution in [1.82, 2.24) is 19.5 Å². The minimum absolute atomic E-state index is 0.573. The molecule has 0 spiro atoms. The normalized spacial score (nSPS) is 11.8. The summed E-state index contributed by atoms with van der Waals surface area (Å²) in [5.41, 5.74) is 13.6. The van der Waals surface area contributed by atoms with Crippen LogP contribution in [0.4, 0.5) is 0 Å². The molecule has 9 aromatic carbocycles. The van der Waals surface area contributed by atoms with Gasteiger partial charge in [-0.25, -0.2) is 15.0 Å². The third-order valence-corrected chi connectivity index (χ3v) is 12.3. The number of hydrogen-bond donors (Lipinski definition) is 0. The van der Waals surface area contributed by atoms with Crippen molar-refractivity contribution in [2.75, 3.05) is 0 Å². The van der Waals surface area contributed by atoms with Crippen LogP contribution in [0.5, 0.6) is 0 Å². The number of fused-ring (bicyclic) bond motifs is 9. The molecule has 0 bridgehead atoms. The lowest BCUT2D eigenvalue weighted by molar-refractivity contribution is 0.666. The molecule has 294 valence electrons. The molecule has 0 aliphatic rings. The molecule has 6 nitrogen and oxygen atoms in total. The smallest absolute Gasteiger partial charge is 0.164 e. The molecule has 0 saturated heterocycles. The Labute approximate surface area is 361 Å². The summed E-state index contributed by atoms with van der Waals surface area (Å²) in [5.74, 6) is 1.77. The van der Waals surface area contributed by atoms with E-state index in [9.17, 15) is 0 Å². The Morgan fingerprint density at radius 3 is 1.59 bits per heavy atom. The van der Waals surface area contributed by atoms with Gasteiger partial charge in [0.05, 0.1) is 16.7 Å². The topological polar surface area (TPSA) is 69.9 Å². The molecule has 6 heteroatoms. The molecule has 4 heterocycles. The zero-order chi connectivity index (χ0) is 41.4. The highest BCUT2D eigenvalue weighted by Crippen LogP contribution is 2.44. The van der Waals surface area contributed by atoms with Gasteiger partial charge in [0.25, 0.3) is 0 Å². The van der Waals surface area contributed by atoms with Crippen LogP contribution < -0.4 is 0 Å². The second kappa shape index (κ2) is 14.0. The van der Waals surface area contributed by atoms with E-state index in [1.165, 1.54) is 10.8 Å². The van der Waals surface area contributed by atoms with Crippen molar-refractivity contribution < 1.29 is 8.83 Å². The fraction of sp³-hybridized carbons (Fsp3) is 0. The predicted molar refractivity (Wildman–Crippen MR) is 256 cm³/mol. The van der Waals surface area contributed by atoms with Gasteiger partial charge < -0.3 is 13.4 Å². The zero-order valence-electron chi connectivity index (χ0n) is 33.7. The van der Waals surface area contributed by atoms with Crippen molar-refractivity contribution in [3.8, 4) is 62.1 Å². The van der Waals surface area contributed by atoms with E-state index in [1.807, 2.05) is 54.6 Å². The van der Waals surface area contributed by atoms with Crippen molar-refractivity contribution >= 4 is 65.7 Å². The molecule has 0 saturated carbocycles. The molecular formula is C57H34N4O2. The summed E-state index contributed by atoms with van der Waals surface area (Å²) in [6.45, 7) is 0. The second-order valence-corrected chi connectivity index (χ2v) is 15.9. The van der Waals surface area contributed by atoms with E-state index in [0.29, 0.717) is 17.5 Å². The minimum atomic E-state index is 0.573. The van der Waals surface area contributed by atoms with Gasteiger partial charge in [-0.1, -0.05) is 164 Å². The van der Waals surface area contributed by atoms with E-state index in [2.05, 4.69) is 156 Å². The Morgan fingerprint density at radius 2 is 0.857 bits per heavy atom. The molecule has 0 radical (unpaired) electrons. The van der Waals surface area contributed by atoms with Gasteiger partial charge in [0.15, 0.2) is 23.1 Å². The minimum Gasteiger partial charge on any atom is -0.456 e. The molecule has 13 rings (SSSR count). The van der Waals surface area contributed by atoms with Crippen LogP contribution >= 0.6 is 0 Å². The Bertz CT molecular complexity index is 3850. The fourth-order valence-electron chi connectivity index (χ4n) is 9.38. The first-order chi connectivity index (χ1) is 31.2. The lowest BCUT2D eigenvalue weighted by Gasteiger charge is -2.12. The van der Waals surface area contributed by atoms with Crippen LogP contribution in [0.15, 0.2) is 215 Å². The quantitative estimate of drug-likeness (QED) is 0.167. The fourth-order valence-corrected chi connectivity index (χ4v) is 9.38. The van der Waals surface area contributed by atoms with Crippen molar-refractivity contribution in [3.63, 3.8) is 0 Å².